The van der Waals surface area contributed by atoms with Crippen molar-refractivity contribution in [2.24, 2.45) is 5.73 Å². The average molecular weight is 299 g/mol. The fraction of sp³-hybridized carbons (Fsp3) is 0.600. The summed E-state index contributed by atoms with van der Waals surface area (Å²) >= 11 is 8.49. The standard InChI is InChI=1S/C15H23ClN2S/c1-2-13(17)10-12-4-5-15(14(16)11-12)18-6-3-8-19-9-7-18/h4-5,11,13H,2-3,6-10,17H2,1H3. The Morgan fingerprint density at radius 2 is 2.21 bits per heavy atom. The van der Waals surface area contributed by atoms with Crippen LogP contribution in [0.25, 0.3) is 0 Å². The highest BCUT2D eigenvalue weighted by molar-refractivity contribution is 7.99. The second-order valence-corrected chi connectivity index (χ2v) is 6.74. The van der Waals surface area contributed by atoms with Crippen molar-refractivity contribution in [1.82, 2.24) is 0 Å². The normalized spacial score (nSPS) is 18.2. The summed E-state index contributed by atoms with van der Waals surface area (Å²) in [6.45, 7) is 4.33. The van der Waals surface area contributed by atoms with Gasteiger partial charge in [0.1, 0.15) is 0 Å². The molecule has 1 fully saturated rings. The molecule has 2 nitrogen and oxygen atoms in total. The van der Waals surface area contributed by atoms with Gasteiger partial charge in [0.25, 0.3) is 0 Å². The Bertz CT molecular complexity index is 403. The van der Waals surface area contributed by atoms with Crippen molar-refractivity contribution in [3.8, 4) is 0 Å². The molecule has 0 bridgehead atoms. The first-order chi connectivity index (χ1) is 9.20. The number of halogens is 1. The van der Waals surface area contributed by atoms with Crippen LogP contribution in [0.5, 0.6) is 0 Å². The van der Waals surface area contributed by atoms with Gasteiger partial charge in [-0.1, -0.05) is 24.6 Å². The molecule has 19 heavy (non-hydrogen) atoms. The zero-order valence-electron chi connectivity index (χ0n) is 11.6. The van der Waals surface area contributed by atoms with Crippen LogP contribution >= 0.6 is 23.4 Å². The largest absolute Gasteiger partial charge is 0.369 e. The zero-order valence-corrected chi connectivity index (χ0v) is 13.1. The molecule has 1 atom stereocenters. The van der Waals surface area contributed by atoms with Crippen molar-refractivity contribution in [1.29, 1.82) is 0 Å². The van der Waals surface area contributed by atoms with E-state index in [9.17, 15) is 0 Å². The van der Waals surface area contributed by atoms with Gasteiger partial charge in [-0.15, -0.1) is 0 Å². The average Bonchev–Trinajstić information content (AvgIpc) is 2.67. The summed E-state index contributed by atoms with van der Waals surface area (Å²) in [4.78, 5) is 2.41. The number of nitrogens with zero attached hydrogens (tertiary/aromatic N) is 1. The van der Waals surface area contributed by atoms with E-state index in [-0.39, 0.29) is 6.04 Å². The van der Waals surface area contributed by atoms with Gasteiger partial charge < -0.3 is 10.6 Å². The first kappa shape index (κ1) is 15.0. The van der Waals surface area contributed by atoms with E-state index in [0.29, 0.717) is 0 Å². The number of hydrogen-bond donors (Lipinski definition) is 1. The third kappa shape index (κ3) is 4.30. The Morgan fingerprint density at radius 3 is 2.95 bits per heavy atom. The second-order valence-electron chi connectivity index (χ2n) is 5.11. The Hall–Kier alpha value is -0.380. The molecular formula is C15H23ClN2S. The van der Waals surface area contributed by atoms with Gasteiger partial charge in [-0.3, -0.25) is 0 Å². The summed E-state index contributed by atoms with van der Waals surface area (Å²) in [6.07, 6.45) is 3.15. The van der Waals surface area contributed by atoms with Gasteiger partial charge in [0.15, 0.2) is 0 Å². The summed E-state index contributed by atoms with van der Waals surface area (Å²) in [5, 5.41) is 0.868. The lowest BCUT2D eigenvalue weighted by Gasteiger charge is -2.24. The molecule has 0 amide bonds. The molecule has 2 rings (SSSR count). The molecule has 1 aliphatic heterocycles. The minimum Gasteiger partial charge on any atom is -0.369 e. The SMILES string of the molecule is CCC(N)Cc1ccc(N2CCCSCC2)c(Cl)c1. The molecule has 1 unspecified atom stereocenters. The third-order valence-corrected chi connectivity index (χ3v) is 4.95. The molecule has 1 aromatic carbocycles. The maximum Gasteiger partial charge on any atom is 0.0642 e. The van der Waals surface area contributed by atoms with Crippen LogP contribution in [0.3, 0.4) is 0 Å². The highest BCUT2D eigenvalue weighted by Gasteiger charge is 2.13. The van der Waals surface area contributed by atoms with Gasteiger partial charge >= 0.3 is 0 Å². The second kappa shape index (κ2) is 7.41. The molecule has 4 heteroatoms. The third-order valence-electron chi connectivity index (χ3n) is 3.60. The van der Waals surface area contributed by atoms with E-state index in [4.69, 9.17) is 17.3 Å². The van der Waals surface area contributed by atoms with Crippen LogP contribution < -0.4 is 10.6 Å². The van der Waals surface area contributed by atoms with E-state index >= 15 is 0 Å². The van der Waals surface area contributed by atoms with Crippen LogP contribution in [0.4, 0.5) is 5.69 Å². The summed E-state index contributed by atoms with van der Waals surface area (Å²) in [6, 6.07) is 6.66. The smallest absolute Gasteiger partial charge is 0.0642 e. The molecular weight excluding hydrogens is 276 g/mol. The van der Waals surface area contributed by atoms with Crippen molar-refractivity contribution in [2.45, 2.75) is 32.2 Å². The molecule has 0 radical (unpaired) electrons. The van der Waals surface area contributed by atoms with E-state index in [1.165, 1.54) is 29.2 Å². The monoisotopic (exact) mass is 298 g/mol. The predicted octanol–water partition coefficient (Wildman–Crippen LogP) is 3.56. The molecule has 0 aromatic heterocycles. The Kier molecular flexibility index (Phi) is 5.86. The number of anilines is 1. The van der Waals surface area contributed by atoms with Crippen molar-refractivity contribution >= 4 is 29.1 Å². The van der Waals surface area contributed by atoms with Crippen molar-refractivity contribution in [3.05, 3.63) is 28.8 Å². The molecule has 1 aliphatic rings. The van der Waals surface area contributed by atoms with Gasteiger partial charge in [-0.2, -0.15) is 11.8 Å². The molecule has 1 heterocycles. The summed E-state index contributed by atoms with van der Waals surface area (Å²) < 4.78 is 0. The van der Waals surface area contributed by atoms with Crippen molar-refractivity contribution in [2.75, 3.05) is 29.5 Å². The van der Waals surface area contributed by atoms with E-state index in [2.05, 4.69) is 30.0 Å². The maximum atomic E-state index is 6.45. The number of nitrogens with two attached hydrogens (primary N) is 1. The number of hydrogen-bond acceptors (Lipinski definition) is 3. The van der Waals surface area contributed by atoms with E-state index < -0.39 is 0 Å². The molecule has 0 aliphatic carbocycles. The zero-order chi connectivity index (χ0) is 13.7. The van der Waals surface area contributed by atoms with E-state index in [1.54, 1.807) is 0 Å². The molecule has 0 saturated carbocycles. The van der Waals surface area contributed by atoms with Gasteiger partial charge in [-0.25, -0.2) is 0 Å². The Morgan fingerprint density at radius 1 is 1.37 bits per heavy atom. The summed E-state index contributed by atoms with van der Waals surface area (Å²) in [5.74, 6) is 2.45. The molecule has 2 N–H and O–H groups in total. The van der Waals surface area contributed by atoms with Crippen LogP contribution in [0.15, 0.2) is 18.2 Å². The minimum atomic E-state index is 0.233. The number of benzene rings is 1. The van der Waals surface area contributed by atoms with Crippen LogP contribution in [-0.4, -0.2) is 30.6 Å². The Labute approximate surface area is 125 Å². The number of thioether (sulfide) groups is 1. The van der Waals surface area contributed by atoms with Crippen LogP contribution in [0.2, 0.25) is 5.02 Å². The van der Waals surface area contributed by atoms with Crippen molar-refractivity contribution in [3.63, 3.8) is 0 Å². The lowest BCUT2D eigenvalue weighted by atomic mass is 10.0. The quantitative estimate of drug-likeness (QED) is 0.921. The molecule has 1 aromatic rings. The van der Waals surface area contributed by atoms with Gasteiger partial charge in [0.2, 0.25) is 0 Å². The predicted molar refractivity (Wildman–Crippen MR) is 87.6 cm³/mol. The molecule has 0 spiro atoms. The minimum absolute atomic E-state index is 0.233. The van der Waals surface area contributed by atoms with Crippen LogP contribution in [-0.2, 0) is 6.42 Å². The molecule has 106 valence electrons. The first-order valence-corrected chi connectivity index (χ1v) is 8.60. The summed E-state index contributed by atoms with van der Waals surface area (Å²) in [7, 11) is 0. The van der Waals surface area contributed by atoms with Crippen LogP contribution in [0.1, 0.15) is 25.3 Å². The highest BCUT2D eigenvalue weighted by atomic mass is 35.5. The fourth-order valence-electron chi connectivity index (χ4n) is 2.37. The number of rotatable bonds is 4. The topological polar surface area (TPSA) is 29.3 Å². The van der Waals surface area contributed by atoms with E-state index in [0.717, 1.165) is 31.0 Å². The van der Waals surface area contributed by atoms with E-state index in [1.807, 2.05) is 11.8 Å². The van der Waals surface area contributed by atoms with Gasteiger partial charge in [-0.05, 0) is 42.7 Å². The van der Waals surface area contributed by atoms with Gasteiger partial charge in [0, 0.05) is 24.9 Å². The fourth-order valence-corrected chi connectivity index (χ4v) is 3.58. The highest BCUT2D eigenvalue weighted by Crippen LogP contribution is 2.29. The Balaban J connectivity index is 2.09. The maximum absolute atomic E-state index is 6.45. The lowest BCUT2D eigenvalue weighted by molar-refractivity contribution is 0.646. The molecule has 1 saturated heterocycles. The van der Waals surface area contributed by atoms with Crippen LogP contribution in [0, 0.1) is 0 Å². The first-order valence-electron chi connectivity index (χ1n) is 7.07. The lowest BCUT2D eigenvalue weighted by Crippen LogP contribution is -2.26. The van der Waals surface area contributed by atoms with Gasteiger partial charge in [0.05, 0.1) is 10.7 Å². The summed E-state index contributed by atoms with van der Waals surface area (Å²) in [5.41, 5.74) is 8.42. The van der Waals surface area contributed by atoms with Crippen molar-refractivity contribution < 1.29 is 0 Å².